The van der Waals surface area contributed by atoms with E-state index in [0.717, 1.165) is 11.5 Å². The van der Waals surface area contributed by atoms with E-state index in [4.69, 9.17) is 4.74 Å². The molecule has 0 N–H and O–H groups in total. The van der Waals surface area contributed by atoms with E-state index in [1.54, 1.807) is 0 Å². The molecule has 2 unspecified atom stereocenters. The third kappa shape index (κ3) is 6.06. The molecule has 0 spiro atoms. The van der Waals surface area contributed by atoms with Crippen molar-refractivity contribution in [3.63, 3.8) is 0 Å². The van der Waals surface area contributed by atoms with E-state index in [2.05, 4.69) is 118 Å². The fraction of sp³-hybridized carbons (Fsp3) is 0.538. The van der Waals surface area contributed by atoms with Gasteiger partial charge in [-0.1, -0.05) is 121 Å². The van der Waals surface area contributed by atoms with Gasteiger partial charge in [0.25, 0.3) is 0 Å². The Morgan fingerprint density at radius 3 is 1.17 bits per heavy atom. The van der Waals surface area contributed by atoms with Crippen LogP contribution in [0.4, 0.5) is 0 Å². The predicted octanol–water partition coefficient (Wildman–Crippen LogP) is 8.11. The van der Waals surface area contributed by atoms with Crippen LogP contribution in [0.1, 0.15) is 69.2 Å². The highest BCUT2D eigenvalue weighted by Gasteiger charge is 2.33. The lowest BCUT2D eigenvalue weighted by Gasteiger charge is -2.37. The van der Waals surface area contributed by atoms with Gasteiger partial charge in [-0.3, -0.25) is 0 Å². The highest BCUT2D eigenvalue weighted by atomic mass is 31.1. The number of hydrogen-bond donors (Lipinski definition) is 0. The van der Waals surface area contributed by atoms with E-state index in [9.17, 15) is 0 Å². The lowest BCUT2D eigenvalue weighted by Crippen LogP contribution is -2.27. The summed E-state index contributed by atoms with van der Waals surface area (Å²) >= 11 is 0. The summed E-state index contributed by atoms with van der Waals surface area (Å²) in [7, 11) is -0.705. The summed E-state index contributed by atoms with van der Waals surface area (Å²) in [6.45, 7) is 23.6. The van der Waals surface area contributed by atoms with E-state index < -0.39 is 0 Å². The number of rotatable bonds is 6. The van der Waals surface area contributed by atoms with E-state index in [1.807, 2.05) is 0 Å². The highest BCUT2D eigenvalue weighted by molar-refractivity contribution is 7.68. The standard InChI is InChI=1S/C26H40OP2/c1-19(2)28(25(5,6)7)23-17-13-11-15-21(23)27-22-16-12-14-18-24(22)29(20(3)4)26(8,9)10/h11-20H,1-10H3. The van der Waals surface area contributed by atoms with Crippen molar-refractivity contribution >= 4 is 26.5 Å². The maximum absolute atomic E-state index is 6.73. The smallest absolute Gasteiger partial charge is 0.135 e. The first kappa shape index (κ1) is 24.4. The van der Waals surface area contributed by atoms with Crippen LogP contribution in [0.15, 0.2) is 48.5 Å². The van der Waals surface area contributed by atoms with Gasteiger partial charge in [0.05, 0.1) is 0 Å². The topological polar surface area (TPSA) is 9.23 Å². The van der Waals surface area contributed by atoms with E-state index in [1.165, 1.54) is 10.6 Å². The Balaban J connectivity index is 2.55. The summed E-state index contributed by atoms with van der Waals surface area (Å²) in [4.78, 5) is 0. The fourth-order valence-electron chi connectivity index (χ4n) is 4.43. The van der Waals surface area contributed by atoms with Crippen molar-refractivity contribution in [2.75, 3.05) is 0 Å². The van der Waals surface area contributed by atoms with Crippen molar-refractivity contribution in [1.82, 2.24) is 0 Å². The van der Waals surface area contributed by atoms with Crippen LogP contribution < -0.4 is 15.3 Å². The largest absolute Gasteiger partial charge is 0.456 e. The van der Waals surface area contributed by atoms with Gasteiger partial charge in [-0.25, -0.2) is 0 Å². The Kier molecular flexibility index (Phi) is 7.98. The molecule has 1 nitrogen and oxygen atoms in total. The van der Waals surface area contributed by atoms with Gasteiger partial charge in [0.1, 0.15) is 11.5 Å². The molecule has 0 aliphatic heterocycles. The second-order valence-electron chi connectivity index (χ2n) is 10.3. The van der Waals surface area contributed by atoms with Gasteiger partial charge in [-0.15, -0.1) is 0 Å². The normalized spacial score (nSPS) is 14.9. The molecule has 29 heavy (non-hydrogen) atoms. The molecule has 0 aliphatic carbocycles. The molecule has 2 atom stereocenters. The monoisotopic (exact) mass is 430 g/mol. The molecule has 2 aromatic rings. The third-order valence-corrected chi connectivity index (χ3v) is 11.7. The average Bonchev–Trinajstić information content (AvgIpc) is 2.55. The molecule has 0 bridgehead atoms. The minimum atomic E-state index is -0.352. The zero-order valence-electron chi connectivity index (χ0n) is 20.1. The van der Waals surface area contributed by atoms with Crippen molar-refractivity contribution in [3.05, 3.63) is 48.5 Å². The van der Waals surface area contributed by atoms with Crippen LogP contribution in [-0.2, 0) is 0 Å². The predicted molar refractivity (Wildman–Crippen MR) is 136 cm³/mol. The Morgan fingerprint density at radius 2 is 0.897 bits per heavy atom. The molecule has 0 radical (unpaired) electrons. The number of benzene rings is 2. The molecular formula is C26H40OP2. The maximum atomic E-state index is 6.73. The zero-order valence-corrected chi connectivity index (χ0v) is 21.9. The van der Waals surface area contributed by atoms with Crippen molar-refractivity contribution < 1.29 is 4.74 Å². The van der Waals surface area contributed by atoms with Crippen molar-refractivity contribution in [2.45, 2.75) is 90.9 Å². The molecule has 160 valence electrons. The maximum Gasteiger partial charge on any atom is 0.135 e. The van der Waals surface area contributed by atoms with Gasteiger partial charge in [-0.05, 0) is 33.8 Å². The van der Waals surface area contributed by atoms with Gasteiger partial charge in [0, 0.05) is 10.6 Å². The molecule has 3 heteroatoms. The van der Waals surface area contributed by atoms with Crippen LogP contribution in [0.3, 0.4) is 0 Å². The SMILES string of the molecule is CC(C)P(c1ccccc1Oc1ccccc1P(C(C)C)C(C)(C)C)C(C)(C)C. The second-order valence-corrected chi connectivity index (χ2v) is 17.5. The van der Waals surface area contributed by atoms with Crippen LogP contribution >= 0.6 is 15.8 Å². The van der Waals surface area contributed by atoms with E-state index >= 15 is 0 Å². The molecule has 2 aromatic carbocycles. The number of hydrogen-bond acceptors (Lipinski definition) is 1. The summed E-state index contributed by atoms with van der Waals surface area (Å²) in [5.74, 6) is 2.06. The highest BCUT2D eigenvalue weighted by Crippen LogP contribution is 2.56. The molecule has 0 aliphatic rings. The van der Waals surface area contributed by atoms with Gasteiger partial charge in [0.15, 0.2) is 0 Å². The molecule has 0 fully saturated rings. The zero-order chi connectivity index (χ0) is 22.0. The van der Waals surface area contributed by atoms with Gasteiger partial charge < -0.3 is 4.74 Å². The van der Waals surface area contributed by atoms with Crippen LogP contribution in [0.25, 0.3) is 0 Å². The third-order valence-electron chi connectivity index (χ3n) is 4.95. The molecule has 0 saturated carbocycles. The summed E-state index contributed by atoms with van der Waals surface area (Å²) in [6, 6.07) is 17.4. The molecule has 0 saturated heterocycles. The molecule has 2 rings (SSSR count). The summed E-state index contributed by atoms with van der Waals surface area (Å²) < 4.78 is 6.73. The van der Waals surface area contributed by atoms with Crippen LogP contribution in [-0.4, -0.2) is 21.6 Å². The van der Waals surface area contributed by atoms with E-state index in [-0.39, 0.29) is 26.2 Å². The van der Waals surface area contributed by atoms with Gasteiger partial charge in [-0.2, -0.15) is 0 Å². The van der Waals surface area contributed by atoms with E-state index in [0.29, 0.717) is 11.3 Å². The Bertz CT molecular complexity index is 729. The molecule has 0 heterocycles. The molecule has 0 aromatic heterocycles. The lowest BCUT2D eigenvalue weighted by molar-refractivity contribution is 0.490. The number of ether oxygens (including phenoxy) is 1. The van der Waals surface area contributed by atoms with Crippen molar-refractivity contribution in [2.24, 2.45) is 0 Å². The Morgan fingerprint density at radius 1 is 0.586 bits per heavy atom. The lowest BCUT2D eigenvalue weighted by atomic mass is 10.2. The van der Waals surface area contributed by atoms with Gasteiger partial charge in [0.2, 0.25) is 0 Å². The summed E-state index contributed by atoms with van der Waals surface area (Å²) in [5, 5.41) is 3.23. The molecular weight excluding hydrogens is 390 g/mol. The van der Waals surface area contributed by atoms with Gasteiger partial charge >= 0.3 is 0 Å². The average molecular weight is 431 g/mol. The van der Waals surface area contributed by atoms with Crippen molar-refractivity contribution in [1.29, 1.82) is 0 Å². The first-order chi connectivity index (χ1) is 13.3. The quantitative estimate of drug-likeness (QED) is 0.421. The first-order valence-electron chi connectivity index (χ1n) is 10.8. The fourth-order valence-corrected chi connectivity index (χ4v) is 11.3. The second kappa shape index (κ2) is 9.49. The Labute approximate surface area is 182 Å². The summed E-state index contributed by atoms with van der Waals surface area (Å²) in [5.41, 5.74) is 1.21. The first-order valence-corrected chi connectivity index (χ1v) is 13.6. The number of para-hydroxylation sites is 2. The Hall–Kier alpha value is -0.900. The van der Waals surface area contributed by atoms with Crippen LogP contribution in [0.5, 0.6) is 11.5 Å². The minimum absolute atomic E-state index is 0.235. The van der Waals surface area contributed by atoms with Crippen molar-refractivity contribution in [3.8, 4) is 11.5 Å². The van der Waals surface area contributed by atoms with Crippen LogP contribution in [0, 0.1) is 0 Å². The summed E-state index contributed by atoms with van der Waals surface area (Å²) in [6.07, 6.45) is 0. The van der Waals surface area contributed by atoms with Crippen LogP contribution in [0.2, 0.25) is 0 Å². The minimum Gasteiger partial charge on any atom is -0.456 e. The molecule has 0 amide bonds.